The van der Waals surface area contributed by atoms with Crippen molar-refractivity contribution >= 4 is 21.2 Å². The molecule has 0 aliphatic carbocycles. The Balaban J connectivity index is 1.52. The SMILES string of the molecule is CCOc1ccc(S(=O)(=O)N2CCC(n3c(COC)nc4cccnc43)CC2)cc1. The second-order valence-corrected chi connectivity index (χ2v) is 9.15. The van der Waals surface area contributed by atoms with Gasteiger partial charge in [0.2, 0.25) is 10.0 Å². The second-order valence-electron chi connectivity index (χ2n) is 7.22. The van der Waals surface area contributed by atoms with E-state index in [9.17, 15) is 8.42 Å². The lowest BCUT2D eigenvalue weighted by atomic mass is 10.1. The Bertz CT molecular complexity index is 1100. The second kappa shape index (κ2) is 8.71. The average molecular weight is 431 g/mol. The Morgan fingerprint density at radius 3 is 2.53 bits per heavy atom. The molecule has 0 radical (unpaired) electrons. The molecule has 1 aliphatic heterocycles. The van der Waals surface area contributed by atoms with E-state index in [2.05, 4.69) is 14.5 Å². The molecule has 3 aromatic rings. The third-order valence-electron chi connectivity index (χ3n) is 5.36. The highest BCUT2D eigenvalue weighted by Crippen LogP contribution is 2.31. The summed E-state index contributed by atoms with van der Waals surface area (Å²) >= 11 is 0. The van der Waals surface area contributed by atoms with Gasteiger partial charge in [0.15, 0.2) is 5.65 Å². The first-order valence-corrected chi connectivity index (χ1v) is 11.5. The van der Waals surface area contributed by atoms with E-state index in [4.69, 9.17) is 9.47 Å². The smallest absolute Gasteiger partial charge is 0.243 e. The molecule has 1 saturated heterocycles. The number of hydrogen-bond donors (Lipinski definition) is 0. The lowest BCUT2D eigenvalue weighted by molar-refractivity contribution is 0.168. The van der Waals surface area contributed by atoms with Crippen LogP contribution in [-0.2, 0) is 21.4 Å². The maximum absolute atomic E-state index is 13.1. The van der Waals surface area contributed by atoms with E-state index in [1.807, 2.05) is 19.1 Å². The van der Waals surface area contributed by atoms with Crippen molar-refractivity contribution in [2.45, 2.75) is 37.3 Å². The quantitative estimate of drug-likeness (QED) is 0.573. The molecular weight excluding hydrogens is 404 g/mol. The van der Waals surface area contributed by atoms with Crippen molar-refractivity contribution in [1.29, 1.82) is 0 Å². The number of sulfonamides is 1. The first kappa shape index (κ1) is 20.8. The maximum atomic E-state index is 13.1. The summed E-state index contributed by atoms with van der Waals surface area (Å²) in [6.45, 7) is 3.72. The molecular formula is C21H26N4O4S. The van der Waals surface area contributed by atoms with Crippen molar-refractivity contribution in [3.05, 3.63) is 48.4 Å². The van der Waals surface area contributed by atoms with Crippen LogP contribution in [0.5, 0.6) is 5.75 Å². The molecule has 1 aromatic carbocycles. The molecule has 0 bridgehead atoms. The molecule has 0 atom stereocenters. The van der Waals surface area contributed by atoms with Crippen molar-refractivity contribution in [3.8, 4) is 5.75 Å². The Morgan fingerprint density at radius 1 is 1.13 bits per heavy atom. The Morgan fingerprint density at radius 2 is 1.87 bits per heavy atom. The number of nitrogens with zero attached hydrogens (tertiary/aromatic N) is 4. The zero-order chi connectivity index (χ0) is 21.1. The predicted octanol–water partition coefficient (Wildman–Crippen LogP) is 3.00. The lowest BCUT2D eigenvalue weighted by Crippen LogP contribution is -2.39. The number of aromatic nitrogens is 3. The zero-order valence-electron chi connectivity index (χ0n) is 17.2. The predicted molar refractivity (Wildman–Crippen MR) is 113 cm³/mol. The van der Waals surface area contributed by atoms with Crippen LogP contribution in [0.4, 0.5) is 0 Å². The van der Waals surface area contributed by atoms with Gasteiger partial charge in [-0.15, -0.1) is 0 Å². The molecule has 4 rings (SSSR count). The Kier molecular flexibility index (Phi) is 6.03. The van der Waals surface area contributed by atoms with Crippen molar-refractivity contribution in [3.63, 3.8) is 0 Å². The number of methoxy groups -OCH3 is 1. The van der Waals surface area contributed by atoms with Gasteiger partial charge in [0.25, 0.3) is 0 Å². The van der Waals surface area contributed by atoms with Gasteiger partial charge in [0, 0.05) is 32.4 Å². The van der Waals surface area contributed by atoms with Crippen LogP contribution in [0, 0.1) is 0 Å². The van der Waals surface area contributed by atoms with Gasteiger partial charge in [-0.3, -0.25) is 0 Å². The zero-order valence-corrected chi connectivity index (χ0v) is 18.0. The summed E-state index contributed by atoms with van der Waals surface area (Å²) in [5, 5.41) is 0. The van der Waals surface area contributed by atoms with Gasteiger partial charge in [-0.1, -0.05) is 0 Å². The fourth-order valence-electron chi connectivity index (χ4n) is 3.96. The molecule has 9 heteroatoms. The van der Waals surface area contributed by atoms with E-state index in [1.165, 1.54) is 0 Å². The first-order valence-electron chi connectivity index (χ1n) is 10.1. The molecule has 0 spiro atoms. The van der Waals surface area contributed by atoms with E-state index in [-0.39, 0.29) is 6.04 Å². The summed E-state index contributed by atoms with van der Waals surface area (Å²) in [4.78, 5) is 9.44. The number of pyridine rings is 1. The average Bonchev–Trinajstić information content (AvgIpc) is 3.13. The summed E-state index contributed by atoms with van der Waals surface area (Å²) in [5.41, 5.74) is 1.64. The minimum absolute atomic E-state index is 0.127. The van der Waals surface area contributed by atoms with Crippen molar-refractivity contribution < 1.29 is 17.9 Å². The molecule has 0 amide bonds. The van der Waals surface area contributed by atoms with E-state index >= 15 is 0 Å². The van der Waals surface area contributed by atoms with Gasteiger partial charge in [-0.2, -0.15) is 4.31 Å². The summed E-state index contributed by atoms with van der Waals surface area (Å²) in [6, 6.07) is 10.5. The Labute approximate surface area is 176 Å². The van der Waals surface area contributed by atoms with Crippen LogP contribution < -0.4 is 4.74 Å². The molecule has 1 fully saturated rings. The van der Waals surface area contributed by atoms with Crippen LogP contribution in [0.25, 0.3) is 11.2 Å². The number of benzene rings is 1. The normalized spacial score (nSPS) is 16.2. The lowest BCUT2D eigenvalue weighted by Gasteiger charge is -2.32. The molecule has 0 N–H and O–H groups in total. The number of fused-ring (bicyclic) bond motifs is 1. The highest BCUT2D eigenvalue weighted by atomic mass is 32.2. The highest BCUT2D eigenvalue weighted by Gasteiger charge is 2.31. The molecule has 30 heavy (non-hydrogen) atoms. The molecule has 160 valence electrons. The van der Waals surface area contributed by atoms with Crippen LogP contribution in [0.3, 0.4) is 0 Å². The number of rotatable bonds is 7. The van der Waals surface area contributed by atoms with Crippen LogP contribution >= 0.6 is 0 Å². The largest absolute Gasteiger partial charge is 0.494 e. The van der Waals surface area contributed by atoms with E-state index in [1.54, 1.807) is 41.9 Å². The third-order valence-corrected chi connectivity index (χ3v) is 7.27. The van der Waals surface area contributed by atoms with Crippen LogP contribution in [0.15, 0.2) is 47.5 Å². The molecule has 3 heterocycles. The van der Waals surface area contributed by atoms with E-state index in [0.717, 1.165) is 17.0 Å². The Hall–Kier alpha value is -2.49. The molecule has 0 saturated carbocycles. The van der Waals surface area contributed by atoms with E-state index in [0.29, 0.717) is 49.8 Å². The third kappa shape index (κ3) is 3.92. The van der Waals surface area contributed by atoms with Crippen LogP contribution in [-0.4, -0.2) is 54.1 Å². The number of hydrogen-bond acceptors (Lipinski definition) is 6. The number of piperidine rings is 1. The van der Waals surface area contributed by atoms with Crippen LogP contribution in [0.1, 0.15) is 31.6 Å². The van der Waals surface area contributed by atoms with Gasteiger partial charge < -0.3 is 14.0 Å². The van der Waals surface area contributed by atoms with Crippen LogP contribution in [0.2, 0.25) is 0 Å². The summed E-state index contributed by atoms with van der Waals surface area (Å²) in [7, 11) is -1.89. The monoisotopic (exact) mass is 430 g/mol. The summed E-state index contributed by atoms with van der Waals surface area (Å²) in [6.07, 6.45) is 3.13. The topological polar surface area (TPSA) is 86.6 Å². The molecule has 8 nitrogen and oxygen atoms in total. The van der Waals surface area contributed by atoms with Gasteiger partial charge in [0.1, 0.15) is 23.7 Å². The standard InChI is InChI=1S/C21H26N4O4S/c1-3-29-17-6-8-18(9-7-17)30(26,27)24-13-10-16(11-14-24)25-20(15-28-2)23-19-5-4-12-22-21(19)25/h4-9,12,16H,3,10-11,13-15H2,1-2H3. The van der Waals surface area contributed by atoms with Gasteiger partial charge in [0.05, 0.1) is 11.5 Å². The van der Waals surface area contributed by atoms with Crippen molar-refractivity contribution in [2.24, 2.45) is 0 Å². The number of ether oxygens (including phenoxy) is 2. The molecule has 2 aromatic heterocycles. The fourth-order valence-corrected chi connectivity index (χ4v) is 5.43. The summed E-state index contributed by atoms with van der Waals surface area (Å²) < 4.78 is 40.5. The first-order chi connectivity index (χ1) is 14.5. The van der Waals surface area contributed by atoms with Crippen molar-refractivity contribution in [1.82, 2.24) is 18.8 Å². The van der Waals surface area contributed by atoms with Crippen molar-refractivity contribution in [2.75, 3.05) is 26.8 Å². The summed E-state index contributed by atoms with van der Waals surface area (Å²) in [5.74, 6) is 1.49. The van der Waals surface area contributed by atoms with E-state index < -0.39 is 10.0 Å². The molecule has 1 aliphatic rings. The van der Waals surface area contributed by atoms with Gasteiger partial charge in [-0.25, -0.2) is 18.4 Å². The van der Waals surface area contributed by atoms with Gasteiger partial charge in [-0.05, 0) is 56.2 Å². The highest BCUT2D eigenvalue weighted by molar-refractivity contribution is 7.89. The minimum atomic E-state index is -3.54. The minimum Gasteiger partial charge on any atom is -0.494 e. The molecule has 0 unspecified atom stereocenters. The maximum Gasteiger partial charge on any atom is 0.243 e. The number of imidazole rings is 1. The fraction of sp³-hybridized carbons (Fsp3) is 0.429. The van der Waals surface area contributed by atoms with Gasteiger partial charge >= 0.3 is 0 Å².